The number of anilines is 1. The van der Waals surface area contributed by atoms with Crippen LogP contribution < -0.4 is 5.73 Å². The highest BCUT2D eigenvalue weighted by atomic mass is 16.6. The molecule has 0 fully saturated rings. The molecular weight excluding hydrogens is 128 g/mol. The molecule has 0 saturated carbocycles. The third-order valence-electron chi connectivity index (χ3n) is 0.594. The Morgan fingerprint density at radius 2 is 2.44 bits per heavy atom. The lowest BCUT2D eigenvalue weighted by Crippen LogP contribution is -1.90. The summed E-state index contributed by atoms with van der Waals surface area (Å²) >= 11 is 0. The Morgan fingerprint density at radius 3 is 2.67 bits per heavy atom. The summed E-state index contributed by atoms with van der Waals surface area (Å²) in [7, 11) is 0. The molecule has 2 N–H and O–H groups in total. The molecule has 7 nitrogen and oxygen atoms in total. The van der Waals surface area contributed by atoms with Gasteiger partial charge in [-0.25, -0.2) is 4.52 Å². The molecule has 1 aromatic heterocycles. The van der Waals surface area contributed by atoms with Crippen LogP contribution in [0.4, 0.5) is 12.0 Å². The molecule has 0 bridgehead atoms. The van der Waals surface area contributed by atoms with Crippen molar-refractivity contribution in [3.8, 4) is 0 Å². The maximum Gasteiger partial charge on any atom is 0.512 e. The van der Waals surface area contributed by atoms with Gasteiger partial charge in [-0.05, 0) is 9.91 Å². The van der Waals surface area contributed by atoms with Crippen LogP contribution in [0.5, 0.6) is 0 Å². The fourth-order valence-corrected chi connectivity index (χ4v) is 0.301. The Hall–Kier alpha value is -1.66. The summed E-state index contributed by atoms with van der Waals surface area (Å²) in [6.45, 7) is 0. The average molecular weight is 130 g/mol. The van der Waals surface area contributed by atoms with E-state index >= 15 is 0 Å². The summed E-state index contributed by atoms with van der Waals surface area (Å²) < 4.78 is 4.10. The number of nitrogens with two attached hydrogens (primary N) is 1. The second-order valence-corrected chi connectivity index (χ2v) is 1.19. The molecule has 0 saturated heterocycles. The molecule has 0 aliphatic rings. The summed E-state index contributed by atoms with van der Waals surface area (Å²) in [5, 5.41) is 12.7. The van der Waals surface area contributed by atoms with E-state index in [9.17, 15) is 10.1 Å². The van der Waals surface area contributed by atoms with E-state index in [1.807, 2.05) is 0 Å². The minimum absolute atomic E-state index is 0.304. The van der Waals surface area contributed by atoms with Crippen molar-refractivity contribution in [2.45, 2.75) is 0 Å². The van der Waals surface area contributed by atoms with Crippen LogP contribution in [0.15, 0.2) is 4.52 Å². The highest BCUT2D eigenvalue weighted by Gasteiger charge is 2.14. The zero-order valence-corrected chi connectivity index (χ0v) is 4.14. The molecular formula is C2H2N4O3. The first-order valence-electron chi connectivity index (χ1n) is 1.93. The van der Waals surface area contributed by atoms with E-state index in [0.717, 1.165) is 0 Å². The Kier molecular flexibility index (Phi) is 1.03. The van der Waals surface area contributed by atoms with Crippen molar-refractivity contribution < 1.29 is 9.45 Å². The fraction of sp³-hybridized carbons (Fsp3) is 0. The first-order valence-corrected chi connectivity index (χ1v) is 1.93. The van der Waals surface area contributed by atoms with Crippen LogP contribution in [0.25, 0.3) is 0 Å². The standard InChI is InChI=1S/C2H2N4O3/c3-1-4-2(5-9-1)6(7)8/h(H2,3,4,5). The van der Waals surface area contributed by atoms with Crippen LogP contribution in [0.1, 0.15) is 0 Å². The molecule has 1 heterocycles. The van der Waals surface area contributed by atoms with Crippen molar-refractivity contribution in [3.05, 3.63) is 10.1 Å². The van der Waals surface area contributed by atoms with Gasteiger partial charge < -0.3 is 15.8 Å². The Bertz CT molecular complexity index is 229. The molecule has 48 valence electrons. The van der Waals surface area contributed by atoms with Gasteiger partial charge in [-0.3, -0.25) is 0 Å². The van der Waals surface area contributed by atoms with Crippen LogP contribution in [-0.4, -0.2) is 15.1 Å². The maximum absolute atomic E-state index is 9.78. The normalized spacial score (nSPS) is 9.33. The van der Waals surface area contributed by atoms with Gasteiger partial charge >= 0.3 is 12.0 Å². The summed E-state index contributed by atoms with van der Waals surface area (Å²) in [4.78, 5) is 12.1. The van der Waals surface area contributed by atoms with Crippen LogP contribution in [0, 0.1) is 10.1 Å². The van der Waals surface area contributed by atoms with Crippen molar-refractivity contribution >= 4 is 12.0 Å². The fourth-order valence-electron chi connectivity index (χ4n) is 0.301. The molecule has 0 aliphatic heterocycles. The molecule has 0 atom stereocenters. The zero-order valence-electron chi connectivity index (χ0n) is 4.14. The largest absolute Gasteiger partial charge is 0.512 e. The van der Waals surface area contributed by atoms with Gasteiger partial charge in [0.25, 0.3) is 0 Å². The van der Waals surface area contributed by atoms with E-state index in [0.29, 0.717) is 0 Å². The van der Waals surface area contributed by atoms with Crippen molar-refractivity contribution in [2.24, 2.45) is 0 Å². The van der Waals surface area contributed by atoms with Crippen LogP contribution in [-0.2, 0) is 0 Å². The first kappa shape index (κ1) is 5.48. The monoisotopic (exact) mass is 130 g/mol. The zero-order chi connectivity index (χ0) is 6.85. The van der Waals surface area contributed by atoms with Crippen molar-refractivity contribution in [3.63, 3.8) is 0 Å². The predicted molar refractivity (Wildman–Crippen MR) is 25.4 cm³/mol. The van der Waals surface area contributed by atoms with Gasteiger partial charge in [-0.2, -0.15) is 0 Å². The summed E-state index contributed by atoms with van der Waals surface area (Å²) in [5.74, 6) is -0.618. The number of nitrogen functional groups attached to an aromatic ring is 1. The highest BCUT2D eigenvalue weighted by Crippen LogP contribution is 2.04. The van der Waals surface area contributed by atoms with E-state index in [1.54, 1.807) is 0 Å². The Labute approximate surface area is 48.6 Å². The first-order chi connectivity index (χ1) is 4.20. The van der Waals surface area contributed by atoms with Gasteiger partial charge in [0.05, 0.1) is 0 Å². The van der Waals surface area contributed by atoms with Gasteiger partial charge in [-0.15, -0.1) is 0 Å². The summed E-state index contributed by atoms with van der Waals surface area (Å²) in [6.07, 6.45) is 0. The Balaban J connectivity index is 2.98. The van der Waals surface area contributed by atoms with Crippen molar-refractivity contribution in [1.29, 1.82) is 0 Å². The van der Waals surface area contributed by atoms with Gasteiger partial charge in [0.15, 0.2) is 0 Å². The predicted octanol–water partition coefficient (Wildman–Crippen LogP) is -0.440. The van der Waals surface area contributed by atoms with Crippen molar-refractivity contribution in [2.75, 3.05) is 5.73 Å². The molecule has 0 spiro atoms. The van der Waals surface area contributed by atoms with Crippen molar-refractivity contribution in [1.82, 2.24) is 10.1 Å². The molecule has 0 aromatic carbocycles. The number of rotatable bonds is 1. The lowest BCUT2D eigenvalue weighted by molar-refractivity contribution is -0.395. The molecule has 0 radical (unpaired) electrons. The summed E-state index contributed by atoms with van der Waals surface area (Å²) in [5.41, 5.74) is 4.87. The number of aromatic nitrogens is 2. The molecule has 0 amide bonds. The van der Waals surface area contributed by atoms with E-state index in [-0.39, 0.29) is 6.01 Å². The van der Waals surface area contributed by atoms with Gasteiger partial charge in [0.1, 0.15) is 5.16 Å². The van der Waals surface area contributed by atoms with Crippen LogP contribution in [0.2, 0.25) is 0 Å². The smallest absolute Gasteiger partial charge is 0.390 e. The third-order valence-corrected chi connectivity index (χ3v) is 0.594. The second kappa shape index (κ2) is 1.69. The van der Waals surface area contributed by atoms with Crippen LogP contribution >= 0.6 is 0 Å². The molecule has 9 heavy (non-hydrogen) atoms. The average Bonchev–Trinajstić information content (AvgIpc) is 2.14. The van der Waals surface area contributed by atoms with Gasteiger partial charge in [-0.1, -0.05) is 0 Å². The molecule has 7 heteroatoms. The number of hydrogen-bond acceptors (Lipinski definition) is 6. The number of hydrogen-bond donors (Lipinski definition) is 1. The quantitative estimate of drug-likeness (QED) is 0.407. The van der Waals surface area contributed by atoms with Crippen LogP contribution in [0.3, 0.4) is 0 Å². The van der Waals surface area contributed by atoms with E-state index in [2.05, 4.69) is 14.7 Å². The van der Waals surface area contributed by atoms with Gasteiger partial charge in [0, 0.05) is 0 Å². The molecule has 0 aliphatic carbocycles. The molecule has 0 unspecified atom stereocenters. The molecule has 1 rings (SSSR count). The SMILES string of the molecule is Nc1nc([N+](=O)[O-])no1. The minimum Gasteiger partial charge on any atom is -0.390 e. The summed E-state index contributed by atoms with van der Waals surface area (Å²) in [6, 6.07) is -0.304. The van der Waals surface area contributed by atoms with Gasteiger partial charge in [0.2, 0.25) is 0 Å². The Morgan fingerprint density at radius 1 is 1.78 bits per heavy atom. The lowest BCUT2D eigenvalue weighted by Gasteiger charge is -1.79. The number of nitrogens with zero attached hydrogens (tertiary/aromatic N) is 3. The van der Waals surface area contributed by atoms with E-state index in [4.69, 9.17) is 5.73 Å². The molecule has 1 aromatic rings. The van der Waals surface area contributed by atoms with E-state index < -0.39 is 10.9 Å². The van der Waals surface area contributed by atoms with E-state index in [1.165, 1.54) is 0 Å². The minimum atomic E-state index is -0.792. The highest BCUT2D eigenvalue weighted by molar-refractivity contribution is 5.13. The second-order valence-electron chi connectivity index (χ2n) is 1.19. The maximum atomic E-state index is 9.78. The lowest BCUT2D eigenvalue weighted by atomic mass is 11.0. The third kappa shape index (κ3) is 0.929. The number of nitro groups is 1. The topological polar surface area (TPSA) is 108 Å².